The van der Waals surface area contributed by atoms with Crippen molar-refractivity contribution in [3.8, 4) is 5.75 Å². The highest BCUT2D eigenvalue weighted by molar-refractivity contribution is 6.31. The van der Waals surface area contributed by atoms with Crippen molar-refractivity contribution >= 4 is 23.0 Å². The number of fused-ring (bicyclic) bond motifs is 1. The Balaban J connectivity index is 1.78. The fraction of sp³-hybridized carbons (Fsp3) is 0.174. The number of rotatable bonds is 3. The molecular weight excluding hydrogens is 356 g/mol. The van der Waals surface area contributed by atoms with Gasteiger partial charge in [-0.05, 0) is 66.9 Å². The van der Waals surface area contributed by atoms with Gasteiger partial charge in [-0.1, -0.05) is 35.9 Å². The molecule has 1 aliphatic heterocycles. The molecule has 0 saturated heterocycles. The van der Waals surface area contributed by atoms with Crippen LogP contribution in [-0.4, -0.2) is 23.4 Å². The number of benzodiazepines with no additional fused rings is 1. The van der Waals surface area contributed by atoms with Gasteiger partial charge < -0.3 is 10.4 Å². The van der Waals surface area contributed by atoms with Crippen molar-refractivity contribution in [2.45, 2.75) is 19.4 Å². The Morgan fingerprint density at radius 1 is 1.07 bits per heavy atom. The first-order chi connectivity index (χ1) is 13.1. The molecule has 0 spiro atoms. The summed E-state index contributed by atoms with van der Waals surface area (Å²) in [5.74, 6) is 0.244. The number of aromatic hydroxyl groups is 1. The first-order valence-electron chi connectivity index (χ1n) is 9.05. The van der Waals surface area contributed by atoms with Gasteiger partial charge in [0.1, 0.15) is 5.75 Å². The van der Waals surface area contributed by atoms with Crippen LogP contribution in [-0.2, 0) is 6.42 Å². The predicted octanol–water partition coefficient (Wildman–Crippen LogP) is 5.23. The maximum Gasteiger partial charge on any atom is 0.115 e. The summed E-state index contributed by atoms with van der Waals surface area (Å²) in [6.45, 7) is 2.89. The van der Waals surface area contributed by atoms with Crippen LogP contribution in [0.25, 0.3) is 0 Å². The van der Waals surface area contributed by atoms with E-state index in [9.17, 15) is 5.11 Å². The van der Waals surface area contributed by atoms with Crippen LogP contribution in [0.2, 0.25) is 5.02 Å². The van der Waals surface area contributed by atoms with Crippen LogP contribution >= 0.6 is 11.6 Å². The lowest BCUT2D eigenvalue weighted by Gasteiger charge is -2.14. The lowest BCUT2D eigenvalue weighted by atomic mass is 9.99. The van der Waals surface area contributed by atoms with Crippen LogP contribution in [0.5, 0.6) is 5.75 Å². The van der Waals surface area contributed by atoms with E-state index in [2.05, 4.69) is 36.5 Å². The van der Waals surface area contributed by atoms with Crippen molar-refractivity contribution in [1.29, 1.82) is 0 Å². The molecule has 4 rings (SSSR count). The smallest absolute Gasteiger partial charge is 0.115 e. The van der Waals surface area contributed by atoms with Gasteiger partial charge in [0.25, 0.3) is 0 Å². The predicted molar refractivity (Wildman–Crippen MR) is 112 cm³/mol. The van der Waals surface area contributed by atoms with Crippen molar-refractivity contribution < 1.29 is 5.11 Å². The van der Waals surface area contributed by atoms with Gasteiger partial charge in [0, 0.05) is 28.4 Å². The molecule has 3 nitrogen and oxygen atoms in total. The normalized spacial score (nSPS) is 16.1. The summed E-state index contributed by atoms with van der Waals surface area (Å²) in [5, 5.41) is 13.9. The molecule has 3 aromatic carbocycles. The second kappa shape index (κ2) is 7.45. The third-order valence-corrected chi connectivity index (χ3v) is 5.17. The Morgan fingerprint density at radius 3 is 2.63 bits per heavy atom. The van der Waals surface area contributed by atoms with E-state index in [-0.39, 0.29) is 11.8 Å². The molecule has 0 bridgehead atoms. The summed E-state index contributed by atoms with van der Waals surface area (Å²) in [7, 11) is 0. The topological polar surface area (TPSA) is 44.6 Å². The van der Waals surface area contributed by atoms with E-state index in [1.807, 2.05) is 30.3 Å². The lowest BCUT2D eigenvalue weighted by Crippen LogP contribution is -2.20. The van der Waals surface area contributed by atoms with Crippen LogP contribution in [0, 0.1) is 6.92 Å². The van der Waals surface area contributed by atoms with Crippen molar-refractivity contribution in [2.24, 2.45) is 4.99 Å². The molecule has 0 amide bonds. The number of phenolic OH excluding ortho intramolecular Hbond substituents is 1. The van der Waals surface area contributed by atoms with Gasteiger partial charge in [-0.15, -0.1) is 0 Å². The number of hydrogen-bond acceptors (Lipinski definition) is 3. The highest BCUT2D eigenvalue weighted by atomic mass is 35.5. The number of nitrogens with zero attached hydrogens (tertiary/aromatic N) is 1. The van der Waals surface area contributed by atoms with Gasteiger partial charge in [-0.2, -0.15) is 0 Å². The molecule has 1 aliphatic rings. The summed E-state index contributed by atoms with van der Waals surface area (Å²) in [6.07, 6.45) is 0.864. The van der Waals surface area contributed by atoms with Crippen LogP contribution < -0.4 is 5.32 Å². The van der Waals surface area contributed by atoms with Gasteiger partial charge in [-0.25, -0.2) is 0 Å². The van der Waals surface area contributed by atoms with E-state index in [4.69, 9.17) is 16.6 Å². The third-order valence-electron chi connectivity index (χ3n) is 4.93. The van der Waals surface area contributed by atoms with Crippen LogP contribution in [0.1, 0.15) is 22.3 Å². The number of phenols is 1. The summed E-state index contributed by atoms with van der Waals surface area (Å²) in [4.78, 5) is 5.11. The molecule has 0 aromatic heterocycles. The number of benzene rings is 3. The maximum absolute atomic E-state index is 9.65. The molecule has 1 heterocycles. The number of aryl methyl sites for hydroxylation is 1. The second-order valence-electron chi connectivity index (χ2n) is 6.88. The SMILES string of the molecule is Cc1ccccc1CC1CNc2ccc(Cl)cc2C(c2ccc(O)cc2)=N1. The summed E-state index contributed by atoms with van der Waals surface area (Å²) in [6, 6.07) is 21.6. The molecule has 1 atom stereocenters. The van der Waals surface area contributed by atoms with Gasteiger partial charge in [0.2, 0.25) is 0 Å². The Morgan fingerprint density at radius 2 is 1.85 bits per heavy atom. The minimum absolute atomic E-state index is 0.0982. The summed E-state index contributed by atoms with van der Waals surface area (Å²) < 4.78 is 0. The quantitative estimate of drug-likeness (QED) is 0.657. The molecular formula is C23H21ClN2O. The average Bonchev–Trinajstić information content (AvgIpc) is 2.84. The van der Waals surface area contributed by atoms with Gasteiger partial charge in [0.15, 0.2) is 0 Å². The Kier molecular flexibility index (Phi) is 4.87. The Labute approximate surface area is 164 Å². The van der Waals surface area contributed by atoms with Gasteiger partial charge >= 0.3 is 0 Å². The largest absolute Gasteiger partial charge is 0.508 e. The van der Waals surface area contributed by atoms with E-state index >= 15 is 0 Å². The van der Waals surface area contributed by atoms with Crippen LogP contribution in [0.3, 0.4) is 0 Å². The number of aliphatic imine (C=N–C) groups is 1. The van der Waals surface area contributed by atoms with Crippen molar-refractivity contribution in [1.82, 2.24) is 0 Å². The molecule has 0 fully saturated rings. The van der Waals surface area contributed by atoms with Gasteiger partial charge in [-0.3, -0.25) is 4.99 Å². The molecule has 2 N–H and O–H groups in total. The first-order valence-corrected chi connectivity index (χ1v) is 9.43. The number of nitrogens with one attached hydrogen (secondary N) is 1. The number of hydrogen-bond donors (Lipinski definition) is 2. The zero-order valence-electron chi connectivity index (χ0n) is 15.1. The van der Waals surface area contributed by atoms with Crippen LogP contribution in [0.4, 0.5) is 5.69 Å². The fourth-order valence-corrected chi connectivity index (χ4v) is 3.62. The van der Waals surface area contributed by atoms with E-state index in [0.717, 1.165) is 35.5 Å². The van der Waals surface area contributed by atoms with Crippen LogP contribution in [0.15, 0.2) is 71.7 Å². The standard InChI is InChI=1S/C23H21ClN2O/c1-15-4-2-3-5-17(15)12-19-14-25-22-11-8-18(24)13-21(22)23(26-19)16-6-9-20(27)10-7-16/h2-11,13,19,25,27H,12,14H2,1H3. The third kappa shape index (κ3) is 3.83. The minimum Gasteiger partial charge on any atom is -0.508 e. The minimum atomic E-state index is 0.0982. The number of halogens is 1. The van der Waals surface area contributed by atoms with Gasteiger partial charge in [0.05, 0.1) is 11.8 Å². The second-order valence-corrected chi connectivity index (χ2v) is 7.32. The maximum atomic E-state index is 9.65. The van der Waals surface area contributed by atoms with Crippen molar-refractivity contribution in [3.63, 3.8) is 0 Å². The zero-order chi connectivity index (χ0) is 18.8. The molecule has 136 valence electrons. The van der Waals surface area contributed by atoms with E-state index in [0.29, 0.717) is 5.02 Å². The van der Waals surface area contributed by atoms with E-state index < -0.39 is 0 Å². The molecule has 3 aromatic rings. The highest BCUT2D eigenvalue weighted by Gasteiger charge is 2.20. The molecule has 27 heavy (non-hydrogen) atoms. The molecule has 0 radical (unpaired) electrons. The summed E-state index contributed by atoms with van der Waals surface area (Å²) >= 11 is 6.27. The Hall–Kier alpha value is -2.78. The number of anilines is 1. The zero-order valence-corrected chi connectivity index (χ0v) is 15.9. The molecule has 0 aliphatic carbocycles. The van der Waals surface area contributed by atoms with Crippen molar-refractivity contribution in [2.75, 3.05) is 11.9 Å². The molecule has 4 heteroatoms. The Bertz CT molecular complexity index is 996. The average molecular weight is 377 g/mol. The molecule has 1 unspecified atom stereocenters. The first kappa shape index (κ1) is 17.6. The van der Waals surface area contributed by atoms with E-state index in [1.54, 1.807) is 12.1 Å². The summed E-state index contributed by atoms with van der Waals surface area (Å²) in [5.41, 5.74) is 6.47. The van der Waals surface area contributed by atoms with E-state index in [1.165, 1.54) is 11.1 Å². The lowest BCUT2D eigenvalue weighted by molar-refractivity contribution is 0.475. The van der Waals surface area contributed by atoms with Crippen molar-refractivity contribution in [3.05, 3.63) is 94.0 Å². The highest BCUT2D eigenvalue weighted by Crippen LogP contribution is 2.28. The molecule has 0 saturated carbocycles. The fourth-order valence-electron chi connectivity index (χ4n) is 3.45. The monoisotopic (exact) mass is 376 g/mol.